The Balaban J connectivity index is 2.22. The van der Waals surface area contributed by atoms with Gasteiger partial charge in [-0.15, -0.1) is 0 Å². The van der Waals surface area contributed by atoms with E-state index in [0.717, 1.165) is 21.6 Å². The van der Waals surface area contributed by atoms with Gasteiger partial charge in [0.1, 0.15) is 5.75 Å². The maximum absolute atomic E-state index is 10.2. The summed E-state index contributed by atoms with van der Waals surface area (Å²) in [4.78, 5) is 0. The van der Waals surface area contributed by atoms with E-state index < -0.39 is 0 Å². The normalized spacial score (nSPS) is 12.6. The summed E-state index contributed by atoms with van der Waals surface area (Å²) in [5.41, 5.74) is 2.19. The van der Waals surface area contributed by atoms with Crippen LogP contribution in [0, 0.1) is 0 Å². The fourth-order valence-corrected chi connectivity index (χ4v) is 2.30. The predicted octanol–water partition coefficient (Wildman–Crippen LogP) is 3.05. The summed E-state index contributed by atoms with van der Waals surface area (Å²) in [6.07, 6.45) is 4.08. The average Bonchev–Trinajstić information content (AvgIpc) is 2.53. The van der Waals surface area contributed by atoms with E-state index >= 15 is 0 Å². The smallest absolute Gasteiger partial charge is 0.123 e. The number of phenols is 1. The Kier molecular flexibility index (Phi) is 3.83. The van der Waals surface area contributed by atoms with E-state index in [-0.39, 0.29) is 0 Å². The SMILES string of the molecule is Oc1cccc(=Cc2ccccc2)c1=Cc1ccccc1. The lowest BCUT2D eigenvalue weighted by molar-refractivity contribution is 0.470. The third kappa shape index (κ3) is 3.21. The fourth-order valence-electron chi connectivity index (χ4n) is 2.30. The Morgan fingerprint density at radius 2 is 1.14 bits per heavy atom. The van der Waals surface area contributed by atoms with Gasteiger partial charge in [-0.1, -0.05) is 72.8 Å². The molecule has 3 rings (SSSR count). The molecule has 0 aliphatic rings. The molecule has 0 saturated carbocycles. The minimum absolute atomic E-state index is 0.295. The van der Waals surface area contributed by atoms with Crippen LogP contribution in [0.1, 0.15) is 11.1 Å². The van der Waals surface area contributed by atoms with Crippen molar-refractivity contribution in [1.82, 2.24) is 0 Å². The molecule has 0 aliphatic heterocycles. The first-order valence-electron chi connectivity index (χ1n) is 6.94. The van der Waals surface area contributed by atoms with Gasteiger partial charge in [-0.2, -0.15) is 0 Å². The summed E-state index contributed by atoms with van der Waals surface area (Å²) in [6.45, 7) is 0. The molecule has 0 saturated heterocycles. The van der Waals surface area contributed by atoms with Gasteiger partial charge in [-0.25, -0.2) is 0 Å². The van der Waals surface area contributed by atoms with Gasteiger partial charge in [-0.05, 0) is 34.6 Å². The first kappa shape index (κ1) is 13.2. The van der Waals surface area contributed by atoms with E-state index in [9.17, 15) is 5.11 Å². The van der Waals surface area contributed by atoms with Gasteiger partial charge < -0.3 is 5.11 Å². The second-order valence-electron chi connectivity index (χ2n) is 4.89. The second-order valence-corrected chi connectivity index (χ2v) is 4.89. The highest BCUT2D eigenvalue weighted by Gasteiger charge is 1.95. The molecule has 0 aromatic heterocycles. The van der Waals surface area contributed by atoms with Gasteiger partial charge >= 0.3 is 0 Å². The molecule has 0 bridgehead atoms. The van der Waals surface area contributed by atoms with E-state index in [4.69, 9.17) is 0 Å². The molecule has 102 valence electrons. The Morgan fingerprint density at radius 3 is 1.76 bits per heavy atom. The molecule has 0 spiro atoms. The van der Waals surface area contributed by atoms with Crippen LogP contribution in [0.4, 0.5) is 0 Å². The molecule has 3 aromatic rings. The van der Waals surface area contributed by atoms with Crippen LogP contribution < -0.4 is 10.4 Å². The van der Waals surface area contributed by atoms with Crippen molar-refractivity contribution in [2.75, 3.05) is 0 Å². The summed E-state index contributed by atoms with van der Waals surface area (Å²) in [5.74, 6) is 0.295. The monoisotopic (exact) mass is 272 g/mol. The average molecular weight is 272 g/mol. The summed E-state index contributed by atoms with van der Waals surface area (Å²) in [7, 11) is 0. The molecular formula is C20H16O. The number of phenolic OH excluding ortho intramolecular Hbond substituents is 1. The highest BCUT2D eigenvalue weighted by Crippen LogP contribution is 2.03. The lowest BCUT2D eigenvalue weighted by Gasteiger charge is -1.98. The molecule has 0 heterocycles. The molecular weight excluding hydrogens is 256 g/mol. The van der Waals surface area contributed by atoms with Crippen LogP contribution >= 0.6 is 0 Å². The molecule has 1 N–H and O–H groups in total. The van der Waals surface area contributed by atoms with Gasteiger partial charge in [0.05, 0.1) is 0 Å². The Morgan fingerprint density at radius 1 is 0.571 bits per heavy atom. The lowest BCUT2D eigenvalue weighted by Crippen LogP contribution is -2.24. The van der Waals surface area contributed by atoms with Crippen LogP contribution in [0.25, 0.3) is 12.2 Å². The van der Waals surface area contributed by atoms with Gasteiger partial charge in [-0.3, -0.25) is 0 Å². The molecule has 1 nitrogen and oxygen atoms in total. The zero-order valence-corrected chi connectivity index (χ0v) is 11.6. The zero-order valence-electron chi connectivity index (χ0n) is 11.6. The Labute approximate surface area is 124 Å². The predicted molar refractivity (Wildman–Crippen MR) is 87.4 cm³/mol. The molecule has 0 unspecified atom stereocenters. The number of rotatable bonds is 2. The summed E-state index contributed by atoms with van der Waals surface area (Å²) in [6, 6.07) is 25.7. The third-order valence-corrected chi connectivity index (χ3v) is 3.35. The Bertz CT molecular complexity index is 834. The quantitative estimate of drug-likeness (QED) is 0.760. The summed E-state index contributed by atoms with van der Waals surface area (Å²) < 4.78 is 0. The van der Waals surface area contributed by atoms with Crippen molar-refractivity contribution in [2.24, 2.45) is 0 Å². The zero-order chi connectivity index (χ0) is 14.5. The van der Waals surface area contributed by atoms with Crippen molar-refractivity contribution < 1.29 is 5.11 Å². The van der Waals surface area contributed by atoms with Gasteiger partial charge in [0.25, 0.3) is 0 Å². The summed E-state index contributed by atoms with van der Waals surface area (Å²) in [5, 5.41) is 12.0. The first-order chi connectivity index (χ1) is 10.3. The van der Waals surface area contributed by atoms with E-state index in [0.29, 0.717) is 5.75 Å². The topological polar surface area (TPSA) is 20.2 Å². The fraction of sp³-hybridized carbons (Fsp3) is 0. The van der Waals surface area contributed by atoms with Crippen LogP contribution in [-0.4, -0.2) is 5.11 Å². The minimum Gasteiger partial charge on any atom is -0.507 e. The first-order valence-corrected chi connectivity index (χ1v) is 6.94. The van der Waals surface area contributed by atoms with Gasteiger partial charge in [0, 0.05) is 5.22 Å². The lowest BCUT2D eigenvalue weighted by atomic mass is 10.1. The van der Waals surface area contributed by atoms with Crippen LogP contribution in [0.2, 0.25) is 0 Å². The van der Waals surface area contributed by atoms with E-state index in [1.165, 1.54) is 0 Å². The standard InChI is InChI=1S/C20H16O/c21-20-13-7-12-18(14-16-8-3-1-4-9-16)19(20)15-17-10-5-2-6-11-17/h1-15,21H. The van der Waals surface area contributed by atoms with E-state index in [1.54, 1.807) is 6.07 Å². The van der Waals surface area contributed by atoms with Crippen LogP contribution in [0.5, 0.6) is 5.75 Å². The second kappa shape index (κ2) is 6.10. The highest BCUT2D eigenvalue weighted by molar-refractivity contribution is 5.56. The van der Waals surface area contributed by atoms with Crippen molar-refractivity contribution in [3.8, 4) is 5.75 Å². The van der Waals surface area contributed by atoms with Crippen molar-refractivity contribution in [3.63, 3.8) is 0 Å². The molecule has 3 aromatic carbocycles. The van der Waals surface area contributed by atoms with E-state index in [1.807, 2.05) is 66.7 Å². The summed E-state index contributed by atoms with van der Waals surface area (Å²) >= 11 is 0. The molecule has 21 heavy (non-hydrogen) atoms. The number of aromatic hydroxyl groups is 1. The molecule has 1 heteroatoms. The largest absolute Gasteiger partial charge is 0.507 e. The molecule has 0 radical (unpaired) electrons. The third-order valence-electron chi connectivity index (χ3n) is 3.35. The van der Waals surface area contributed by atoms with Crippen LogP contribution in [-0.2, 0) is 0 Å². The van der Waals surface area contributed by atoms with E-state index in [2.05, 4.69) is 18.2 Å². The van der Waals surface area contributed by atoms with Gasteiger partial charge in [0.15, 0.2) is 0 Å². The molecule has 0 atom stereocenters. The van der Waals surface area contributed by atoms with Crippen LogP contribution in [0.3, 0.4) is 0 Å². The maximum Gasteiger partial charge on any atom is 0.123 e. The van der Waals surface area contributed by atoms with Gasteiger partial charge in [0.2, 0.25) is 0 Å². The van der Waals surface area contributed by atoms with Crippen molar-refractivity contribution >= 4 is 12.2 Å². The number of hydrogen-bond donors (Lipinski definition) is 1. The molecule has 0 amide bonds. The maximum atomic E-state index is 10.2. The highest BCUT2D eigenvalue weighted by atomic mass is 16.3. The minimum atomic E-state index is 0.295. The van der Waals surface area contributed by atoms with Crippen LogP contribution in [0.15, 0.2) is 78.9 Å². The van der Waals surface area contributed by atoms with Crippen molar-refractivity contribution in [1.29, 1.82) is 0 Å². The molecule has 0 fully saturated rings. The van der Waals surface area contributed by atoms with Crippen molar-refractivity contribution in [2.45, 2.75) is 0 Å². The number of benzene rings is 3. The number of hydrogen-bond acceptors (Lipinski definition) is 1. The molecule has 0 aliphatic carbocycles. The van der Waals surface area contributed by atoms with Crippen molar-refractivity contribution in [3.05, 3.63) is 100 Å². The Hall–Kier alpha value is -2.80.